The Morgan fingerprint density at radius 3 is 2.54 bits per heavy atom. The molecule has 0 saturated carbocycles. The van der Waals surface area contributed by atoms with Gasteiger partial charge in [0.05, 0.1) is 19.9 Å². The first-order valence-electron chi connectivity index (χ1n) is 12.5. The van der Waals surface area contributed by atoms with Gasteiger partial charge in [-0.2, -0.15) is 0 Å². The monoisotopic (exact) mass is 508 g/mol. The molecule has 3 aromatic rings. The predicted octanol–water partition coefficient (Wildman–Crippen LogP) is 3.40. The number of rotatable bonds is 11. The molecule has 1 atom stereocenters. The van der Waals surface area contributed by atoms with E-state index in [-0.39, 0.29) is 6.61 Å². The van der Waals surface area contributed by atoms with Gasteiger partial charge < -0.3 is 34.3 Å². The third kappa shape index (κ3) is 6.68. The third-order valence-electron chi connectivity index (χ3n) is 6.47. The largest absolute Gasteiger partial charge is 0.493 e. The summed E-state index contributed by atoms with van der Waals surface area (Å²) >= 11 is 0. The molecule has 0 radical (unpaired) electrons. The van der Waals surface area contributed by atoms with E-state index in [1.807, 2.05) is 48.5 Å². The fourth-order valence-electron chi connectivity index (χ4n) is 4.36. The Hall–Kier alpha value is -3.40. The fraction of sp³-hybridized carbons (Fsp3) is 0.429. The van der Waals surface area contributed by atoms with E-state index in [1.165, 1.54) is 0 Å². The van der Waals surface area contributed by atoms with Gasteiger partial charge in [-0.1, -0.05) is 12.1 Å². The van der Waals surface area contributed by atoms with E-state index in [2.05, 4.69) is 17.3 Å². The zero-order chi connectivity index (χ0) is 26.2. The number of aromatic nitrogens is 2. The van der Waals surface area contributed by atoms with Gasteiger partial charge in [0.15, 0.2) is 17.3 Å². The van der Waals surface area contributed by atoms with Crippen LogP contribution in [-0.2, 0) is 4.74 Å². The lowest BCUT2D eigenvalue weighted by Crippen LogP contribution is -2.37. The van der Waals surface area contributed by atoms with Gasteiger partial charge in [0, 0.05) is 50.0 Å². The average molecular weight is 509 g/mol. The Kier molecular flexibility index (Phi) is 9.16. The summed E-state index contributed by atoms with van der Waals surface area (Å²) in [4.78, 5) is 12.1. The Labute approximate surface area is 218 Å². The molecule has 2 aromatic carbocycles. The summed E-state index contributed by atoms with van der Waals surface area (Å²) in [5.41, 5.74) is 2.49. The minimum Gasteiger partial charge on any atom is -0.493 e. The van der Waals surface area contributed by atoms with Crippen LogP contribution in [0.15, 0.2) is 48.5 Å². The van der Waals surface area contributed by atoms with Crippen molar-refractivity contribution in [1.29, 1.82) is 0 Å². The SMILES string of the molecule is CNCC(O)COc1cccc(-c2nc(-c3ccc(OC)c(OC)c3)cc(N(C)C3CCOCC3)n2)c1. The van der Waals surface area contributed by atoms with E-state index in [4.69, 9.17) is 28.9 Å². The first-order valence-corrected chi connectivity index (χ1v) is 12.5. The number of likely N-dealkylation sites (N-methyl/N-ethyl adjacent to an activating group) is 1. The highest BCUT2D eigenvalue weighted by atomic mass is 16.5. The predicted molar refractivity (Wildman–Crippen MR) is 144 cm³/mol. The summed E-state index contributed by atoms with van der Waals surface area (Å²) in [5.74, 6) is 3.35. The highest BCUT2D eigenvalue weighted by Crippen LogP contribution is 2.34. The lowest BCUT2D eigenvalue weighted by Gasteiger charge is -2.32. The maximum Gasteiger partial charge on any atom is 0.162 e. The van der Waals surface area contributed by atoms with Gasteiger partial charge >= 0.3 is 0 Å². The quantitative estimate of drug-likeness (QED) is 0.404. The van der Waals surface area contributed by atoms with Crippen LogP contribution in [0.25, 0.3) is 22.6 Å². The molecule has 1 saturated heterocycles. The molecule has 198 valence electrons. The number of nitrogens with one attached hydrogen (secondary N) is 1. The van der Waals surface area contributed by atoms with Crippen LogP contribution in [0, 0.1) is 0 Å². The van der Waals surface area contributed by atoms with Crippen molar-refractivity contribution in [3.8, 4) is 39.9 Å². The molecule has 1 aliphatic heterocycles. The molecule has 1 aromatic heterocycles. The van der Waals surface area contributed by atoms with Crippen molar-refractivity contribution in [2.75, 3.05) is 59.6 Å². The number of nitrogens with zero attached hydrogens (tertiary/aromatic N) is 3. The van der Waals surface area contributed by atoms with E-state index in [0.717, 1.165) is 48.7 Å². The molecule has 1 aliphatic rings. The fourth-order valence-corrected chi connectivity index (χ4v) is 4.36. The molecule has 37 heavy (non-hydrogen) atoms. The van der Waals surface area contributed by atoms with Crippen LogP contribution >= 0.6 is 0 Å². The van der Waals surface area contributed by atoms with Crippen molar-refractivity contribution in [2.45, 2.75) is 25.0 Å². The topological polar surface area (TPSA) is 98.2 Å². The van der Waals surface area contributed by atoms with E-state index in [1.54, 1.807) is 21.3 Å². The smallest absolute Gasteiger partial charge is 0.162 e. The van der Waals surface area contributed by atoms with Crippen LogP contribution in [-0.4, -0.2) is 81.9 Å². The van der Waals surface area contributed by atoms with Gasteiger partial charge in [0.25, 0.3) is 0 Å². The lowest BCUT2D eigenvalue weighted by atomic mass is 10.1. The van der Waals surface area contributed by atoms with Crippen LogP contribution in [0.4, 0.5) is 5.82 Å². The van der Waals surface area contributed by atoms with E-state index in [9.17, 15) is 5.11 Å². The van der Waals surface area contributed by atoms with E-state index < -0.39 is 6.10 Å². The molecule has 2 N–H and O–H groups in total. The van der Waals surface area contributed by atoms with Gasteiger partial charge in [-0.25, -0.2) is 9.97 Å². The molecular formula is C28H36N4O5. The molecule has 0 bridgehead atoms. The summed E-state index contributed by atoms with van der Waals surface area (Å²) in [6.45, 7) is 2.13. The van der Waals surface area contributed by atoms with Crippen molar-refractivity contribution in [3.63, 3.8) is 0 Å². The van der Waals surface area contributed by atoms with Crippen molar-refractivity contribution in [2.24, 2.45) is 0 Å². The number of anilines is 1. The second kappa shape index (κ2) is 12.7. The van der Waals surface area contributed by atoms with Crippen LogP contribution in [0.2, 0.25) is 0 Å². The second-order valence-corrected chi connectivity index (χ2v) is 9.01. The first kappa shape index (κ1) is 26.7. The normalized spacial score (nSPS) is 14.7. The van der Waals surface area contributed by atoms with Gasteiger partial charge in [-0.05, 0) is 50.2 Å². The molecule has 0 aliphatic carbocycles. The number of ether oxygens (including phenoxy) is 4. The molecule has 9 heteroatoms. The van der Waals surface area contributed by atoms with Crippen molar-refractivity contribution >= 4 is 5.82 Å². The summed E-state index contributed by atoms with van der Waals surface area (Å²) in [6, 6.07) is 15.7. The van der Waals surface area contributed by atoms with Crippen molar-refractivity contribution in [3.05, 3.63) is 48.5 Å². The van der Waals surface area contributed by atoms with Crippen LogP contribution in [0.5, 0.6) is 17.2 Å². The standard InChI is InChI=1S/C28H36N4O5/c1-29-17-22(33)18-37-23-7-5-6-20(14-23)28-30-24(19-8-9-25(34-3)26(15-19)35-4)16-27(31-28)32(2)21-10-12-36-13-11-21/h5-9,14-16,21-22,29,33H,10-13,17-18H2,1-4H3. The zero-order valence-corrected chi connectivity index (χ0v) is 21.9. The molecule has 9 nitrogen and oxygen atoms in total. The number of hydrogen-bond acceptors (Lipinski definition) is 9. The highest BCUT2D eigenvalue weighted by molar-refractivity contribution is 5.70. The van der Waals surface area contributed by atoms with Gasteiger partial charge in [0.1, 0.15) is 24.3 Å². The lowest BCUT2D eigenvalue weighted by molar-refractivity contribution is 0.0853. The summed E-state index contributed by atoms with van der Waals surface area (Å²) in [7, 11) is 7.11. The molecule has 0 spiro atoms. The Morgan fingerprint density at radius 2 is 1.81 bits per heavy atom. The molecule has 4 rings (SSSR count). The van der Waals surface area contributed by atoms with Crippen molar-refractivity contribution < 1.29 is 24.1 Å². The second-order valence-electron chi connectivity index (χ2n) is 9.01. The molecule has 2 heterocycles. The molecule has 1 unspecified atom stereocenters. The minimum atomic E-state index is -0.599. The van der Waals surface area contributed by atoms with Gasteiger partial charge in [-0.3, -0.25) is 0 Å². The summed E-state index contributed by atoms with van der Waals surface area (Å²) in [6.07, 6.45) is 1.29. The summed E-state index contributed by atoms with van der Waals surface area (Å²) < 4.78 is 22.3. The molecule has 0 amide bonds. The molecular weight excluding hydrogens is 472 g/mol. The van der Waals surface area contributed by atoms with Crippen molar-refractivity contribution in [1.82, 2.24) is 15.3 Å². The maximum atomic E-state index is 10.0. The third-order valence-corrected chi connectivity index (χ3v) is 6.47. The number of methoxy groups -OCH3 is 2. The van der Waals surface area contributed by atoms with Crippen LogP contribution in [0.1, 0.15) is 12.8 Å². The Bertz CT molecular complexity index is 1170. The average Bonchev–Trinajstić information content (AvgIpc) is 2.95. The summed E-state index contributed by atoms with van der Waals surface area (Å²) in [5, 5.41) is 13.0. The Morgan fingerprint density at radius 1 is 1.03 bits per heavy atom. The van der Waals surface area contributed by atoms with Gasteiger partial charge in [0.2, 0.25) is 0 Å². The van der Waals surface area contributed by atoms with Crippen LogP contribution < -0.4 is 24.4 Å². The number of benzene rings is 2. The number of aliphatic hydroxyl groups excluding tert-OH is 1. The van der Waals surface area contributed by atoms with Gasteiger partial charge in [-0.15, -0.1) is 0 Å². The van der Waals surface area contributed by atoms with Crippen LogP contribution in [0.3, 0.4) is 0 Å². The number of aliphatic hydroxyl groups is 1. The van der Waals surface area contributed by atoms with E-state index >= 15 is 0 Å². The maximum absolute atomic E-state index is 10.0. The van der Waals surface area contributed by atoms with E-state index in [0.29, 0.717) is 35.7 Å². The Balaban J connectivity index is 1.72. The molecule has 1 fully saturated rings. The zero-order valence-electron chi connectivity index (χ0n) is 21.9. The highest BCUT2D eigenvalue weighted by Gasteiger charge is 2.22. The minimum absolute atomic E-state index is 0.189. The number of hydrogen-bond donors (Lipinski definition) is 2. The first-order chi connectivity index (χ1) is 18.0.